The van der Waals surface area contributed by atoms with Crippen molar-refractivity contribution < 1.29 is 19.4 Å². The van der Waals surface area contributed by atoms with Crippen LogP contribution in [0.4, 0.5) is 0 Å². The van der Waals surface area contributed by atoms with E-state index in [1.807, 2.05) is 0 Å². The molecule has 1 N–H and O–H groups in total. The fourth-order valence-corrected chi connectivity index (χ4v) is 3.28. The molecule has 0 aromatic heterocycles. The van der Waals surface area contributed by atoms with Gasteiger partial charge in [-0.05, 0) is 19.3 Å². The average Bonchev–Trinajstić information content (AvgIpc) is 2.64. The van der Waals surface area contributed by atoms with Crippen molar-refractivity contribution in [2.75, 3.05) is 6.61 Å². The number of esters is 1. The molecule has 0 heterocycles. The number of unbranched alkanes of at least 4 members (excludes halogenated alkanes) is 15. The molecular formula is C23H44O4. The van der Waals surface area contributed by atoms with Crippen LogP contribution in [0, 0.1) is 0 Å². The minimum absolute atomic E-state index is 0.0387. The standard InChI is InChI=1S/C23H44O4/c1-2-3-4-5-6-9-12-15-18-21-27-23(26)20-17-14-11-8-7-10-13-16-19-22(24)25/h2-21H2,1H3,(H,24,25). The van der Waals surface area contributed by atoms with Crippen LogP contribution in [0.3, 0.4) is 0 Å². The van der Waals surface area contributed by atoms with Crippen LogP contribution < -0.4 is 0 Å². The highest BCUT2D eigenvalue weighted by atomic mass is 16.5. The van der Waals surface area contributed by atoms with Crippen molar-refractivity contribution in [1.82, 2.24) is 0 Å². The Hall–Kier alpha value is -1.06. The lowest BCUT2D eigenvalue weighted by Gasteiger charge is -2.05. The Morgan fingerprint density at radius 2 is 1.00 bits per heavy atom. The van der Waals surface area contributed by atoms with Gasteiger partial charge in [-0.1, -0.05) is 96.8 Å². The van der Waals surface area contributed by atoms with Crippen LogP contribution in [0.5, 0.6) is 0 Å². The molecule has 0 aromatic rings. The first-order valence-corrected chi connectivity index (χ1v) is 11.5. The second kappa shape index (κ2) is 21.2. The molecule has 0 spiro atoms. The zero-order valence-electron chi connectivity index (χ0n) is 17.8. The first-order chi connectivity index (χ1) is 13.2. The molecule has 4 nitrogen and oxygen atoms in total. The van der Waals surface area contributed by atoms with Crippen molar-refractivity contribution in [3.05, 3.63) is 0 Å². The summed E-state index contributed by atoms with van der Waals surface area (Å²) < 4.78 is 5.31. The Labute approximate surface area is 167 Å². The van der Waals surface area contributed by atoms with Crippen LogP contribution in [-0.2, 0) is 14.3 Å². The van der Waals surface area contributed by atoms with Gasteiger partial charge in [0.1, 0.15) is 0 Å². The van der Waals surface area contributed by atoms with E-state index in [2.05, 4.69) is 6.92 Å². The summed E-state index contributed by atoms with van der Waals surface area (Å²) in [7, 11) is 0. The van der Waals surface area contributed by atoms with Gasteiger partial charge in [0, 0.05) is 12.8 Å². The van der Waals surface area contributed by atoms with Gasteiger partial charge in [-0.25, -0.2) is 0 Å². The number of aliphatic carboxylic acids is 1. The highest BCUT2D eigenvalue weighted by molar-refractivity contribution is 5.69. The van der Waals surface area contributed by atoms with Crippen molar-refractivity contribution in [3.8, 4) is 0 Å². The lowest BCUT2D eigenvalue weighted by Crippen LogP contribution is -2.05. The number of ether oxygens (including phenoxy) is 1. The summed E-state index contributed by atoms with van der Waals surface area (Å²) in [5.74, 6) is -0.733. The van der Waals surface area contributed by atoms with Crippen LogP contribution in [-0.4, -0.2) is 23.7 Å². The molecular weight excluding hydrogens is 340 g/mol. The minimum Gasteiger partial charge on any atom is -0.481 e. The summed E-state index contributed by atoms with van der Waals surface area (Å²) in [5, 5.41) is 8.56. The lowest BCUT2D eigenvalue weighted by atomic mass is 10.1. The van der Waals surface area contributed by atoms with Gasteiger partial charge in [0.2, 0.25) is 0 Å². The third kappa shape index (κ3) is 22.9. The largest absolute Gasteiger partial charge is 0.481 e. The molecule has 0 atom stereocenters. The van der Waals surface area contributed by atoms with E-state index in [0.29, 0.717) is 19.4 Å². The van der Waals surface area contributed by atoms with Crippen molar-refractivity contribution in [2.45, 2.75) is 129 Å². The van der Waals surface area contributed by atoms with Crippen molar-refractivity contribution >= 4 is 11.9 Å². The Bertz CT molecular complexity index is 341. The summed E-state index contributed by atoms with van der Waals surface area (Å²) in [6.07, 6.45) is 20.8. The maximum atomic E-state index is 11.7. The zero-order chi connectivity index (χ0) is 20.0. The van der Waals surface area contributed by atoms with Gasteiger partial charge in [0.15, 0.2) is 0 Å². The smallest absolute Gasteiger partial charge is 0.305 e. The van der Waals surface area contributed by atoms with Gasteiger partial charge in [-0.15, -0.1) is 0 Å². The van der Waals surface area contributed by atoms with E-state index in [-0.39, 0.29) is 5.97 Å². The number of carboxylic acids is 1. The van der Waals surface area contributed by atoms with Gasteiger partial charge >= 0.3 is 11.9 Å². The Morgan fingerprint density at radius 3 is 1.48 bits per heavy atom. The van der Waals surface area contributed by atoms with Crippen LogP contribution in [0.25, 0.3) is 0 Å². The third-order valence-electron chi connectivity index (χ3n) is 5.03. The fraction of sp³-hybridized carbons (Fsp3) is 0.913. The SMILES string of the molecule is CCCCCCCCCCCOC(=O)CCCCCCCCCCC(=O)O. The van der Waals surface area contributed by atoms with Gasteiger partial charge in [0.25, 0.3) is 0 Å². The molecule has 0 saturated heterocycles. The molecule has 160 valence electrons. The van der Waals surface area contributed by atoms with Crippen LogP contribution >= 0.6 is 0 Å². The molecule has 4 heteroatoms. The first kappa shape index (κ1) is 25.9. The summed E-state index contributed by atoms with van der Waals surface area (Å²) in [4.78, 5) is 22.1. The van der Waals surface area contributed by atoms with E-state index in [9.17, 15) is 9.59 Å². The van der Waals surface area contributed by atoms with Gasteiger partial charge in [-0.2, -0.15) is 0 Å². The molecule has 0 aliphatic heterocycles. The van der Waals surface area contributed by atoms with E-state index < -0.39 is 5.97 Å². The molecule has 0 fully saturated rings. The monoisotopic (exact) mass is 384 g/mol. The molecule has 0 radical (unpaired) electrons. The van der Waals surface area contributed by atoms with Crippen molar-refractivity contribution in [1.29, 1.82) is 0 Å². The van der Waals surface area contributed by atoms with Gasteiger partial charge in [-0.3, -0.25) is 9.59 Å². The van der Waals surface area contributed by atoms with E-state index in [1.165, 1.54) is 64.2 Å². The predicted molar refractivity (Wildman–Crippen MR) is 112 cm³/mol. The molecule has 0 rings (SSSR count). The normalized spacial score (nSPS) is 10.9. The molecule has 27 heavy (non-hydrogen) atoms. The number of carboxylic acid groups (broad SMARTS) is 1. The second-order valence-electron chi connectivity index (χ2n) is 7.77. The van der Waals surface area contributed by atoms with E-state index in [4.69, 9.17) is 9.84 Å². The average molecular weight is 385 g/mol. The van der Waals surface area contributed by atoms with Gasteiger partial charge < -0.3 is 9.84 Å². The summed E-state index contributed by atoms with van der Waals surface area (Å²) in [6.45, 7) is 2.84. The number of hydrogen-bond acceptors (Lipinski definition) is 3. The molecule has 0 aliphatic rings. The highest BCUT2D eigenvalue weighted by Crippen LogP contribution is 2.12. The fourth-order valence-electron chi connectivity index (χ4n) is 3.28. The van der Waals surface area contributed by atoms with E-state index in [0.717, 1.165) is 44.9 Å². The highest BCUT2D eigenvalue weighted by Gasteiger charge is 2.02. The molecule has 0 amide bonds. The molecule has 0 saturated carbocycles. The van der Waals surface area contributed by atoms with Crippen molar-refractivity contribution in [2.24, 2.45) is 0 Å². The number of carbonyl (C=O) groups is 2. The van der Waals surface area contributed by atoms with Crippen LogP contribution in [0.1, 0.15) is 129 Å². The number of rotatable bonds is 21. The van der Waals surface area contributed by atoms with Crippen LogP contribution in [0.2, 0.25) is 0 Å². The minimum atomic E-state index is -0.695. The maximum Gasteiger partial charge on any atom is 0.305 e. The third-order valence-corrected chi connectivity index (χ3v) is 5.03. The topological polar surface area (TPSA) is 63.6 Å². The molecule has 0 unspecified atom stereocenters. The molecule has 0 bridgehead atoms. The quantitative estimate of drug-likeness (QED) is 0.170. The van der Waals surface area contributed by atoms with E-state index in [1.54, 1.807) is 0 Å². The maximum absolute atomic E-state index is 11.7. The van der Waals surface area contributed by atoms with Crippen molar-refractivity contribution in [3.63, 3.8) is 0 Å². The summed E-state index contributed by atoms with van der Waals surface area (Å²) in [5.41, 5.74) is 0. The van der Waals surface area contributed by atoms with Gasteiger partial charge in [0.05, 0.1) is 6.61 Å². The second-order valence-corrected chi connectivity index (χ2v) is 7.77. The zero-order valence-corrected chi connectivity index (χ0v) is 17.8. The summed E-state index contributed by atoms with van der Waals surface area (Å²) >= 11 is 0. The first-order valence-electron chi connectivity index (χ1n) is 11.5. The summed E-state index contributed by atoms with van der Waals surface area (Å²) in [6, 6.07) is 0. The van der Waals surface area contributed by atoms with E-state index >= 15 is 0 Å². The predicted octanol–water partition coefficient (Wildman–Crippen LogP) is 7.05. The number of carbonyl (C=O) groups excluding carboxylic acids is 1. The lowest BCUT2D eigenvalue weighted by molar-refractivity contribution is -0.144. The Balaban J connectivity index is 3.16. The molecule has 0 aliphatic carbocycles. The number of hydrogen-bond donors (Lipinski definition) is 1. The Kier molecular flexibility index (Phi) is 20.4. The Morgan fingerprint density at radius 1 is 0.593 bits per heavy atom. The van der Waals surface area contributed by atoms with Crippen LogP contribution in [0.15, 0.2) is 0 Å². The molecule has 0 aromatic carbocycles.